The van der Waals surface area contributed by atoms with Crippen LogP contribution in [-0.2, 0) is 14.3 Å². The zero-order chi connectivity index (χ0) is 24.5. The Kier molecular flexibility index (Phi) is 6.73. The number of carboxylic acid groups (broad SMARTS) is 1. The van der Waals surface area contributed by atoms with Gasteiger partial charge in [0.1, 0.15) is 12.6 Å². The third-order valence-corrected chi connectivity index (χ3v) is 8.67. The highest BCUT2D eigenvalue weighted by Gasteiger charge is 2.43. The minimum absolute atomic E-state index is 0.00376. The molecule has 8 heteroatoms. The van der Waals surface area contributed by atoms with Crippen molar-refractivity contribution in [3.05, 3.63) is 59.7 Å². The van der Waals surface area contributed by atoms with E-state index < -0.39 is 18.1 Å². The van der Waals surface area contributed by atoms with Gasteiger partial charge in [0.15, 0.2) is 0 Å². The van der Waals surface area contributed by atoms with E-state index in [-0.39, 0.29) is 35.8 Å². The fourth-order valence-corrected chi connectivity index (χ4v) is 6.91. The summed E-state index contributed by atoms with van der Waals surface area (Å²) in [5.74, 6) is -0.953. The second kappa shape index (κ2) is 9.93. The molecule has 3 aliphatic rings. The van der Waals surface area contributed by atoms with Gasteiger partial charge < -0.3 is 20.1 Å². The molecule has 2 unspecified atom stereocenters. The van der Waals surface area contributed by atoms with E-state index in [0.29, 0.717) is 18.6 Å². The largest absolute Gasteiger partial charge is 0.480 e. The molecule has 5 rings (SSSR count). The quantitative estimate of drug-likeness (QED) is 0.637. The van der Waals surface area contributed by atoms with Crippen LogP contribution >= 0.6 is 11.8 Å². The Hall–Kier alpha value is -3.00. The van der Waals surface area contributed by atoms with E-state index in [1.807, 2.05) is 31.2 Å². The Morgan fingerprint density at radius 1 is 1.06 bits per heavy atom. The van der Waals surface area contributed by atoms with Gasteiger partial charge in [0.05, 0.1) is 5.37 Å². The summed E-state index contributed by atoms with van der Waals surface area (Å²) >= 11 is 1.49. The smallest absolute Gasteiger partial charge is 0.407 e. The monoisotopic (exact) mass is 494 g/mol. The van der Waals surface area contributed by atoms with Gasteiger partial charge in [-0.15, -0.1) is 11.8 Å². The molecule has 35 heavy (non-hydrogen) atoms. The van der Waals surface area contributed by atoms with Gasteiger partial charge in [-0.3, -0.25) is 4.79 Å². The molecule has 184 valence electrons. The number of alkyl carbamates (subject to hydrolysis) is 1. The molecule has 1 aliphatic heterocycles. The van der Waals surface area contributed by atoms with Crippen molar-refractivity contribution in [1.29, 1.82) is 0 Å². The molecule has 2 fully saturated rings. The lowest BCUT2D eigenvalue weighted by Crippen LogP contribution is -2.49. The first-order chi connectivity index (χ1) is 16.9. The van der Waals surface area contributed by atoms with Crippen molar-refractivity contribution in [2.75, 3.05) is 12.4 Å². The lowest BCUT2D eigenvalue weighted by molar-refractivity contribution is -0.151. The second-order valence-corrected chi connectivity index (χ2v) is 10.9. The summed E-state index contributed by atoms with van der Waals surface area (Å²) in [5, 5.41) is 12.3. The predicted molar refractivity (Wildman–Crippen MR) is 134 cm³/mol. The number of nitrogens with one attached hydrogen (secondary N) is 1. The number of fused-ring (bicyclic) bond motifs is 3. The number of carboxylic acids is 1. The molecule has 1 heterocycles. The number of hydrogen-bond acceptors (Lipinski definition) is 5. The molecule has 1 saturated heterocycles. The molecule has 2 aromatic rings. The number of rotatable bonds is 5. The molecule has 7 nitrogen and oxygen atoms in total. The molecule has 2 aliphatic carbocycles. The average Bonchev–Trinajstić information content (AvgIpc) is 3.40. The highest BCUT2D eigenvalue weighted by Crippen LogP contribution is 2.44. The minimum Gasteiger partial charge on any atom is -0.480 e. The van der Waals surface area contributed by atoms with E-state index in [1.54, 1.807) is 0 Å². The number of amides is 2. The molecule has 2 N–H and O–H groups in total. The van der Waals surface area contributed by atoms with E-state index >= 15 is 0 Å². The summed E-state index contributed by atoms with van der Waals surface area (Å²) in [7, 11) is 0. The summed E-state index contributed by atoms with van der Waals surface area (Å²) in [6.07, 6.45) is 2.32. The topological polar surface area (TPSA) is 95.9 Å². The van der Waals surface area contributed by atoms with Crippen molar-refractivity contribution in [3.63, 3.8) is 0 Å². The number of aliphatic carboxylic acids is 1. The zero-order valence-electron chi connectivity index (χ0n) is 19.7. The van der Waals surface area contributed by atoms with Crippen molar-refractivity contribution in [1.82, 2.24) is 10.2 Å². The van der Waals surface area contributed by atoms with E-state index in [1.165, 1.54) is 27.8 Å². The first-order valence-corrected chi connectivity index (χ1v) is 13.3. The molecule has 4 atom stereocenters. The van der Waals surface area contributed by atoms with Crippen LogP contribution in [0.4, 0.5) is 4.79 Å². The summed E-state index contributed by atoms with van der Waals surface area (Å²) < 4.78 is 5.68. The third-order valence-electron chi connectivity index (χ3n) is 7.45. The Balaban J connectivity index is 1.19. The first kappa shape index (κ1) is 23.7. The number of nitrogens with zero attached hydrogens (tertiary/aromatic N) is 1. The molecule has 1 saturated carbocycles. The third kappa shape index (κ3) is 4.63. The summed E-state index contributed by atoms with van der Waals surface area (Å²) in [5.41, 5.74) is 4.69. The second-order valence-electron chi connectivity index (χ2n) is 9.56. The number of carbonyl (C=O) groups is 3. The first-order valence-electron chi connectivity index (χ1n) is 12.2. The molecule has 2 amide bonds. The van der Waals surface area contributed by atoms with Gasteiger partial charge >= 0.3 is 12.1 Å². The van der Waals surface area contributed by atoms with Gasteiger partial charge in [0, 0.05) is 23.6 Å². The normalized spacial score (nSPS) is 25.6. The number of ether oxygens (including phenoxy) is 1. The van der Waals surface area contributed by atoms with Gasteiger partial charge in [0.2, 0.25) is 5.91 Å². The Morgan fingerprint density at radius 2 is 1.71 bits per heavy atom. The Bertz CT molecular complexity index is 1090. The number of benzene rings is 2. The van der Waals surface area contributed by atoms with Gasteiger partial charge in [-0.2, -0.15) is 0 Å². The van der Waals surface area contributed by atoms with Gasteiger partial charge in [-0.1, -0.05) is 55.0 Å². The van der Waals surface area contributed by atoms with Gasteiger partial charge in [0.25, 0.3) is 0 Å². The summed E-state index contributed by atoms with van der Waals surface area (Å²) in [4.78, 5) is 39.0. The lowest BCUT2D eigenvalue weighted by Gasteiger charge is -2.34. The van der Waals surface area contributed by atoms with Crippen LogP contribution in [0.3, 0.4) is 0 Å². The van der Waals surface area contributed by atoms with E-state index in [4.69, 9.17) is 4.74 Å². The Labute approximate surface area is 209 Å². The number of hydrogen-bond donors (Lipinski definition) is 2. The number of carbonyl (C=O) groups excluding carboxylic acids is 2. The van der Waals surface area contributed by atoms with Crippen molar-refractivity contribution < 1.29 is 24.2 Å². The standard InChI is InChI=1S/C27H30N2O5S/c1-16-29(24(15-35-16)26(31)32)25(30)17-7-6-8-18(13-17)28-27(33)34-14-23-21-11-4-2-9-19(21)20-10-3-5-12-22(20)23/h2-5,9-12,16-18,23-24H,6-8,13-15H2,1H3,(H,28,33)(H,31,32)/t16?,17-,18+,24?/m0/s1. The van der Waals surface area contributed by atoms with Crippen molar-refractivity contribution in [2.45, 2.75) is 56.0 Å². The minimum atomic E-state index is -0.959. The molecule has 0 bridgehead atoms. The fourth-order valence-electron chi connectivity index (χ4n) is 5.73. The zero-order valence-corrected chi connectivity index (χ0v) is 20.5. The molecule has 0 radical (unpaired) electrons. The maximum atomic E-state index is 13.2. The maximum absolute atomic E-state index is 13.2. The van der Waals surface area contributed by atoms with Crippen molar-refractivity contribution >= 4 is 29.7 Å². The molecule has 2 aromatic carbocycles. The van der Waals surface area contributed by atoms with Crippen LogP contribution in [0.15, 0.2) is 48.5 Å². The highest BCUT2D eigenvalue weighted by molar-refractivity contribution is 8.00. The van der Waals surface area contributed by atoms with E-state index in [9.17, 15) is 19.5 Å². The summed E-state index contributed by atoms with van der Waals surface area (Å²) in [6, 6.07) is 15.5. The van der Waals surface area contributed by atoms with Crippen molar-refractivity contribution in [3.8, 4) is 11.1 Å². The van der Waals surface area contributed by atoms with Crippen LogP contribution in [0.25, 0.3) is 11.1 Å². The van der Waals surface area contributed by atoms with E-state index in [0.717, 1.165) is 24.0 Å². The van der Waals surface area contributed by atoms with Crippen LogP contribution in [0, 0.1) is 5.92 Å². The fraction of sp³-hybridized carbons (Fsp3) is 0.444. The molecular weight excluding hydrogens is 464 g/mol. The lowest BCUT2D eigenvalue weighted by atomic mass is 9.84. The van der Waals surface area contributed by atoms with Gasteiger partial charge in [-0.05, 0) is 48.4 Å². The number of thioether (sulfide) groups is 1. The average molecular weight is 495 g/mol. The molecule has 0 aromatic heterocycles. The Morgan fingerprint density at radius 3 is 2.37 bits per heavy atom. The molecule has 0 spiro atoms. The van der Waals surface area contributed by atoms with Crippen LogP contribution in [0.1, 0.15) is 49.7 Å². The SMILES string of the molecule is CC1SCC(C(=O)O)N1C(=O)[C@H]1CCC[C@@H](NC(=O)OCC2c3ccccc3-c3ccccc32)C1. The van der Waals surface area contributed by atoms with Gasteiger partial charge in [-0.25, -0.2) is 9.59 Å². The van der Waals surface area contributed by atoms with Crippen LogP contribution in [0.2, 0.25) is 0 Å². The van der Waals surface area contributed by atoms with E-state index in [2.05, 4.69) is 29.6 Å². The predicted octanol–water partition coefficient (Wildman–Crippen LogP) is 4.46. The van der Waals surface area contributed by atoms with Crippen LogP contribution in [0.5, 0.6) is 0 Å². The van der Waals surface area contributed by atoms with Crippen molar-refractivity contribution in [2.24, 2.45) is 5.92 Å². The highest BCUT2D eigenvalue weighted by atomic mass is 32.2. The van der Waals surface area contributed by atoms with Crippen LogP contribution in [-0.4, -0.2) is 57.8 Å². The molecular formula is C27H30N2O5S. The maximum Gasteiger partial charge on any atom is 0.407 e. The van der Waals surface area contributed by atoms with Crippen LogP contribution < -0.4 is 5.32 Å². The summed E-state index contributed by atoms with van der Waals surface area (Å²) in [6.45, 7) is 2.12.